The molecule has 0 saturated carbocycles. The lowest BCUT2D eigenvalue weighted by Crippen LogP contribution is -2.00. The highest BCUT2D eigenvalue weighted by molar-refractivity contribution is 5.90. The van der Waals surface area contributed by atoms with Crippen LogP contribution in [0.15, 0.2) is 54.7 Å². The van der Waals surface area contributed by atoms with Crippen molar-refractivity contribution in [1.82, 2.24) is 4.98 Å². The van der Waals surface area contributed by atoms with Crippen LogP contribution in [0.2, 0.25) is 0 Å². The molecule has 0 aliphatic rings. The Bertz CT molecular complexity index is 820. The quantitative estimate of drug-likeness (QED) is 0.791. The number of aromatic nitrogens is 1. The van der Waals surface area contributed by atoms with E-state index >= 15 is 0 Å². The van der Waals surface area contributed by atoms with Crippen LogP contribution in [0.1, 0.15) is 11.1 Å². The zero-order valence-corrected chi connectivity index (χ0v) is 11.2. The van der Waals surface area contributed by atoms with Crippen LogP contribution in [-0.2, 0) is 6.54 Å². The first-order chi connectivity index (χ1) is 10.3. The molecule has 0 aliphatic carbocycles. The first kappa shape index (κ1) is 13.1. The lowest BCUT2D eigenvalue weighted by molar-refractivity contribution is 0.629. The standard InChI is InChI=1S/C17H12FN3/c18-14-5-6-15-16(7-8-20-17(15)9-14)21-11-13-3-1-12(10-19)2-4-13/h1-9H,11H2,(H,20,21). The number of pyridine rings is 1. The number of benzene rings is 2. The average Bonchev–Trinajstić information content (AvgIpc) is 2.53. The van der Waals surface area contributed by atoms with E-state index in [4.69, 9.17) is 5.26 Å². The fourth-order valence-electron chi connectivity index (χ4n) is 2.17. The van der Waals surface area contributed by atoms with E-state index in [1.165, 1.54) is 12.1 Å². The fraction of sp³-hybridized carbons (Fsp3) is 0.0588. The van der Waals surface area contributed by atoms with Gasteiger partial charge in [-0.15, -0.1) is 0 Å². The second-order valence-corrected chi connectivity index (χ2v) is 4.68. The molecule has 21 heavy (non-hydrogen) atoms. The summed E-state index contributed by atoms with van der Waals surface area (Å²) >= 11 is 0. The number of nitrogens with zero attached hydrogens (tertiary/aromatic N) is 2. The predicted octanol–water partition coefficient (Wildman–Crippen LogP) is 3.86. The Balaban J connectivity index is 1.83. The van der Waals surface area contributed by atoms with Crippen molar-refractivity contribution < 1.29 is 4.39 Å². The number of rotatable bonds is 3. The molecule has 0 radical (unpaired) electrons. The number of anilines is 1. The Hall–Kier alpha value is -2.93. The zero-order valence-electron chi connectivity index (χ0n) is 11.2. The Morgan fingerprint density at radius 3 is 2.67 bits per heavy atom. The lowest BCUT2D eigenvalue weighted by Gasteiger charge is -2.09. The summed E-state index contributed by atoms with van der Waals surface area (Å²) in [5.74, 6) is -0.292. The monoisotopic (exact) mass is 277 g/mol. The van der Waals surface area contributed by atoms with Crippen LogP contribution >= 0.6 is 0 Å². The summed E-state index contributed by atoms with van der Waals surface area (Å²) in [7, 11) is 0. The topological polar surface area (TPSA) is 48.7 Å². The highest BCUT2D eigenvalue weighted by Gasteiger charge is 2.03. The van der Waals surface area contributed by atoms with Crippen molar-refractivity contribution in [2.75, 3.05) is 5.32 Å². The molecule has 1 N–H and O–H groups in total. The Morgan fingerprint density at radius 1 is 1.10 bits per heavy atom. The van der Waals surface area contributed by atoms with Gasteiger partial charge >= 0.3 is 0 Å². The van der Waals surface area contributed by atoms with E-state index in [2.05, 4.69) is 16.4 Å². The first-order valence-corrected chi connectivity index (χ1v) is 6.53. The first-order valence-electron chi connectivity index (χ1n) is 6.53. The lowest BCUT2D eigenvalue weighted by atomic mass is 10.1. The molecule has 0 spiro atoms. The minimum absolute atomic E-state index is 0.292. The van der Waals surface area contributed by atoms with Gasteiger partial charge in [0.05, 0.1) is 17.1 Å². The fourth-order valence-corrected chi connectivity index (χ4v) is 2.17. The van der Waals surface area contributed by atoms with E-state index in [1.807, 2.05) is 18.2 Å². The molecular weight excluding hydrogens is 265 g/mol. The maximum atomic E-state index is 13.2. The van der Waals surface area contributed by atoms with Gasteiger partial charge in [-0.25, -0.2) is 4.39 Å². The van der Waals surface area contributed by atoms with Crippen LogP contribution in [0.3, 0.4) is 0 Å². The largest absolute Gasteiger partial charge is 0.380 e. The predicted molar refractivity (Wildman–Crippen MR) is 80.2 cm³/mol. The molecule has 1 heterocycles. The van der Waals surface area contributed by atoms with Crippen LogP contribution < -0.4 is 5.32 Å². The molecule has 4 heteroatoms. The van der Waals surface area contributed by atoms with Gasteiger partial charge in [0.1, 0.15) is 5.82 Å². The highest BCUT2D eigenvalue weighted by Crippen LogP contribution is 2.22. The molecule has 3 nitrogen and oxygen atoms in total. The van der Waals surface area contributed by atoms with E-state index in [9.17, 15) is 4.39 Å². The molecule has 102 valence electrons. The van der Waals surface area contributed by atoms with Gasteiger partial charge in [-0.1, -0.05) is 12.1 Å². The van der Waals surface area contributed by atoms with Crippen LogP contribution in [-0.4, -0.2) is 4.98 Å². The van der Waals surface area contributed by atoms with E-state index < -0.39 is 0 Å². The second kappa shape index (κ2) is 5.59. The van der Waals surface area contributed by atoms with Gasteiger partial charge < -0.3 is 5.32 Å². The molecule has 3 rings (SSSR count). The Kier molecular flexibility index (Phi) is 3.48. The van der Waals surface area contributed by atoms with Crippen molar-refractivity contribution in [3.8, 4) is 6.07 Å². The van der Waals surface area contributed by atoms with Gasteiger partial charge in [-0.2, -0.15) is 5.26 Å². The second-order valence-electron chi connectivity index (χ2n) is 4.68. The highest BCUT2D eigenvalue weighted by atomic mass is 19.1. The molecule has 1 aromatic heterocycles. The van der Waals surface area contributed by atoms with Crippen molar-refractivity contribution in [3.63, 3.8) is 0 Å². The summed E-state index contributed by atoms with van der Waals surface area (Å²) in [6.45, 7) is 0.627. The molecule has 0 bridgehead atoms. The minimum Gasteiger partial charge on any atom is -0.380 e. The number of nitriles is 1. The van der Waals surface area contributed by atoms with Crippen molar-refractivity contribution in [3.05, 3.63) is 71.7 Å². The van der Waals surface area contributed by atoms with Gasteiger partial charge in [0.15, 0.2) is 0 Å². The summed E-state index contributed by atoms with van der Waals surface area (Å²) in [4.78, 5) is 4.16. The molecule has 0 fully saturated rings. The van der Waals surface area contributed by atoms with E-state index in [1.54, 1.807) is 24.4 Å². The van der Waals surface area contributed by atoms with Gasteiger partial charge in [-0.05, 0) is 35.9 Å². The minimum atomic E-state index is -0.292. The van der Waals surface area contributed by atoms with Crippen molar-refractivity contribution in [2.45, 2.75) is 6.54 Å². The summed E-state index contributed by atoms with van der Waals surface area (Å²) in [6.07, 6.45) is 1.66. The molecule has 0 amide bonds. The third-order valence-corrected chi connectivity index (χ3v) is 3.27. The SMILES string of the molecule is N#Cc1ccc(CNc2ccnc3cc(F)ccc23)cc1. The molecule has 2 aromatic carbocycles. The van der Waals surface area contributed by atoms with Crippen LogP contribution in [0.5, 0.6) is 0 Å². The van der Waals surface area contributed by atoms with Gasteiger partial charge in [0.2, 0.25) is 0 Å². The number of fused-ring (bicyclic) bond motifs is 1. The van der Waals surface area contributed by atoms with Crippen LogP contribution in [0, 0.1) is 17.1 Å². The average molecular weight is 277 g/mol. The van der Waals surface area contributed by atoms with E-state index in [0.29, 0.717) is 17.6 Å². The summed E-state index contributed by atoms with van der Waals surface area (Å²) in [5.41, 5.74) is 3.24. The van der Waals surface area contributed by atoms with Crippen molar-refractivity contribution in [2.24, 2.45) is 0 Å². The van der Waals surface area contributed by atoms with Crippen molar-refractivity contribution >= 4 is 16.6 Å². The van der Waals surface area contributed by atoms with E-state index in [-0.39, 0.29) is 5.82 Å². The normalized spacial score (nSPS) is 10.3. The summed E-state index contributed by atoms with van der Waals surface area (Å²) < 4.78 is 13.2. The number of halogens is 1. The van der Waals surface area contributed by atoms with Crippen molar-refractivity contribution in [1.29, 1.82) is 5.26 Å². The van der Waals surface area contributed by atoms with Gasteiger partial charge in [0, 0.05) is 29.9 Å². The molecule has 0 saturated heterocycles. The smallest absolute Gasteiger partial charge is 0.125 e. The molecular formula is C17H12FN3. The third kappa shape index (κ3) is 2.82. The molecule has 0 atom stereocenters. The number of hydrogen-bond donors (Lipinski definition) is 1. The zero-order chi connectivity index (χ0) is 14.7. The maximum Gasteiger partial charge on any atom is 0.125 e. The number of hydrogen-bond acceptors (Lipinski definition) is 3. The Morgan fingerprint density at radius 2 is 1.90 bits per heavy atom. The van der Waals surface area contributed by atoms with Gasteiger partial charge in [-0.3, -0.25) is 4.98 Å². The van der Waals surface area contributed by atoms with Gasteiger partial charge in [0.25, 0.3) is 0 Å². The molecule has 0 unspecified atom stereocenters. The summed E-state index contributed by atoms with van der Waals surface area (Å²) in [6, 6.07) is 15.9. The summed E-state index contributed by atoms with van der Waals surface area (Å²) in [5, 5.41) is 13.0. The molecule has 3 aromatic rings. The van der Waals surface area contributed by atoms with Crippen LogP contribution in [0.4, 0.5) is 10.1 Å². The molecule has 0 aliphatic heterocycles. The van der Waals surface area contributed by atoms with Crippen LogP contribution in [0.25, 0.3) is 10.9 Å². The third-order valence-electron chi connectivity index (χ3n) is 3.27. The maximum absolute atomic E-state index is 13.2. The van der Waals surface area contributed by atoms with E-state index in [0.717, 1.165) is 16.6 Å². The Labute approximate surface area is 121 Å². The number of nitrogens with one attached hydrogen (secondary N) is 1.